The molecule has 1 saturated carbocycles. The fraction of sp³-hybridized carbons (Fsp3) is 0.421. The van der Waals surface area contributed by atoms with E-state index in [1.54, 1.807) is 36.4 Å². The number of amides is 1. The number of H-pyrrole nitrogens is 1. The zero-order valence-corrected chi connectivity index (χ0v) is 30.4. The Hall–Kier alpha value is -3.94. The van der Waals surface area contributed by atoms with Crippen molar-refractivity contribution in [2.45, 2.75) is 69.2 Å². The van der Waals surface area contributed by atoms with Gasteiger partial charge in [0.1, 0.15) is 5.78 Å². The number of carbonyl (C=O) groups is 2. The third kappa shape index (κ3) is 9.49. The predicted octanol–water partition coefficient (Wildman–Crippen LogP) is 5.65. The van der Waals surface area contributed by atoms with Crippen molar-refractivity contribution in [3.8, 4) is 22.5 Å². The Morgan fingerprint density at radius 2 is 1.71 bits per heavy atom. The van der Waals surface area contributed by atoms with Crippen molar-refractivity contribution in [1.82, 2.24) is 25.2 Å². The van der Waals surface area contributed by atoms with Gasteiger partial charge in [0.15, 0.2) is 5.82 Å². The van der Waals surface area contributed by atoms with Crippen molar-refractivity contribution in [2.75, 3.05) is 25.0 Å². The number of aromatic nitrogens is 3. The van der Waals surface area contributed by atoms with Gasteiger partial charge >= 0.3 is 0 Å². The van der Waals surface area contributed by atoms with Gasteiger partial charge in [-0.25, -0.2) is 18.2 Å². The highest BCUT2D eigenvalue weighted by atomic mass is 35.5. The number of sulfonamides is 1. The molecule has 2 fully saturated rings. The number of carbonyl (C=O) groups excluding carboxylic acids is 2. The highest BCUT2D eigenvalue weighted by Crippen LogP contribution is 2.32. The highest BCUT2D eigenvalue weighted by Gasteiger charge is 2.30. The summed E-state index contributed by atoms with van der Waals surface area (Å²) < 4.78 is 29.2. The molecule has 2 heterocycles. The predicted molar refractivity (Wildman–Crippen MR) is 200 cm³/mol. The fourth-order valence-corrected chi connectivity index (χ4v) is 8.72. The molecule has 2 aliphatic rings. The summed E-state index contributed by atoms with van der Waals surface area (Å²) in [7, 11) is -3.66. The summed E-state index contributed by atoms with van der Waals surface area (Å²) in [5.74, 6) is 0.125. The van der Waals surface area contributed by atoms with Gasteiger partial charge in [-0.15, -0.1) is 0 Å². The summed E-state index contributed by atoms with van der Waals surface area (Å²) in [4.78, 5) is 31.9. The smallest absolute Gasteiger partial charge is 0.240 e. The molecular weight excluding hydrogens is 686 g/mol. The molecule has 3 aromatic carbocycles. The molecule has 1 saturated heterocycles. The van der Waals surface area contributed by atoms with E-state index in [-0.39, 0.29) is 40.3 Å². The van der Waals surface area contributed by atoms with Crippen molar-refractivity contribution >= 4 is 39.0 Å². The number of nitrogens with one attached hydrogen (secondary N) is 4. The number of hydrogen-bond acceptors (Lipinski definition) is 8. The lowest BCUT2D eigenvalue weighted by molar-refractivity contribution is -0.129. The van der Waals surface area contributed by atoms with Gasteiger partial charge in [-0.05, 0) is 148 Å². The van der Waals surface area contributed by atoms with E-state index in [2.05, 4.69) is 30.5 Å². The topological polar surface area (TPSA) is 172 Å². The molecule has 1 aliphatic heterocycles. The third-order valence-corrected chi connectivity index (χ3v) is 11.9. The molecule has 1 aromatic heterocycles. The number of anilines is 1. The van der Waals surface area contributed by atoms with Crippen LogP contribution in [0.4, 0.5) is 5.69 Å². The van der Waals surface area contributed by atoms with Crippen LogP contribution in [0.15, 0.2) is 71.6 Å². The molecular formula is C38H46ClN7O4S. The molecule has 270 valence electrons. The van der Waals surface area contributed by atoms with E-state index in [1.807, 2.05) is 37.3 Å². The van der Waals surface area contributed by atoms with Gasteiger partial charge in [0.05, 0.1) is 4.90 Å². The monoisotopic (exact) mass is 731 g/mol. The summed E-state index contributed by atoms with van der Waals surface area (Å²) in [5, 5.41) is 13.2. The molecule has 0 radical (unpaired) electrons. The van der Waals surface area contributed by atoms with Crippen LogP contribution in [0.5, 0.6) is 0 Å². The first kappa shape index (κ1) is 36.8. The number of aromatic amines is 1. The zero-order chi connectivity index (χ0) is 36.0. The average Bonchev–Trinajstić information content (AvgIpc) is 3.58. The van der Waals surface area contributed by atoms with E-state index in [1.165, 1.54) is 0 Å². The first-order valence-corrected chi connectivity index (χ1v) is 19.6. The van der Waals surface area contributed by atoms with Crippen LogP contribution in [0.1, 0.15) is 56.1 Å². The first-order chi connectivity index (χ1) is 24.6. The number of Topliss-reactive ketones (excluding diaryl/α,β-unsaturated/α-hetero) is 1. The minimum atomic E-state index is -3.66. The van der Waals surface area contributed by atoms with E-state index in [4.69, 9.17) is 17.3 Å². The van der Waals surface area contributed by atoms with Crippen LogP contribution in [0, 0.1) is 24.7 Å². The fourth-order valence-electron chi connectivity index (χ4n) is 7.21. The highest BCUT2D eigenvalue weighted by molar-refractivity contribution is 7.89. The Morgan fingerprint density at radius 1 is 0.961 bits per heavy atom. The normalized spacial score (nSPS) is 19.0. The van der Waals surface area contributed by atoms with E-state index in [0.29, 0.717) is 30.4 Å². The summed E-state index contributed by atoms with van der Waals surface area (Å²) in [6.07, 6.45) is 5.48. The Bertz CT molecular complexity index is 1940. The number of aryl methyl sites for hydroxylation is 1. The van der Waals surface area contributed by atoms with Gasteiger partial charge in [0.2, 0.25) is 21.2 Å². The van der Waals surface area contributed by atoms with Crippen molar-refractivity contribution in [1.29, 1.82) is 0 Å². The van der Waals surface area contributed by atoms with E-state index in [9.17, 15) is 18.0 Å². The van der Waals surface area contributed by atoms with Crippen LogP contribution >= 0.6 is 11.6 Å². The minimum absolute atomic E-state index is 0.0661. The molecule has 11 nitrogen and oxygen atoms in total. The van der Waals surface area contributed by atoms with Crippen LogP contribution in [-0.2, 0) is 26.0 Å². The van der Waals surface area contributed by atoms with Gasteiger partial charge < -0.3 is 16.4 Å². The standard InChI is InChI=1S/C38H46ClN7O4S/c1-24-19-33(51(49,50)46-32-15-17-41-18-16-32)13-14-34(24)29-4-2-3-26(20-29)21-30(22-35(47)27-7-5-25(23-40)6-8-27)37(48)42-31-11-9-28(10-12-31)36-43-38(39)45-44-36/h2-4,9-14,19-20,25,27,30,32,41,46H,5-8,15-18,21-23,40H2,1H3,(H,42,48)(H,43,44,45)/t25?,27?,30-/m1/s1. The van der Waals surface area contributed by atoms with Crippen LogP contribution < -0.4 is 21.1 Å². The molecule has 4 aromatic rings. The van der Waals surface area contributed by atoms with Crippen LogP contribution in [0.3, 0.4) is 0 Å². The minimum Gasteiger partial charge on any atom is -0.330 e. The lowest BCUT2D eigenvalue weighted by Crippen LogP contribution is -2.42. The van der Waals surface area contributed by atoms with E-state index in [0.717, 1.165) is 79.4 Å². The molecule has 1 atom stereocenters. The molecule has 6 N–H and O–H groups in total. The molecule has 0 spiro atoms. The zero-order valence-electron chi connectivity index (χ0n) is 28.8. The van der Waals surface area contributed by atoms with Crippen LogP contribution in [-0.4, -0.2) is 61.0 Å². The Morgan fingerprint density at radius 3 is 2.37 bits per heavy atom. The summed E-state index contributed by atoms with van der Waals surface area (Å²) in [6.45, 7) is 4.13. The molecule has 6 rings (SSSR count). The number of halogens is 1. The lowest BCUT2D eigenvalue weighted by Gasteiger charge is -2.28. The second-order valence-corrected chi connectivity index (χ2v) is 15.9. The maximum absolute atomic E-state index is 13.9. The number of nitrogens with zero attached hydrogens (tertiary/aromatic N) is 2. The van der Waals surface area contributed by atoms with Crippen LogP contribution in [0.2, 0.25) is 5.28 Å². The van der Waals surface area contributed by atoms with E-state index < -0.39 is 15.9 Å². The Balaban J connectivity index is 1.19. The van der Waals surface area contributed by atoms with Crippen LogP contribution in [0.25, 0.3) is 22.5 Å². The van der Waals surface area contributed by atoms with Crippen molar-refractivity contribution in [2.24, 2.45) is 23.5 Å². The van der Waals surface area contributed by atoms with Gasteiger partial charge in [-0.1, -0.05) is 30.3 Å². The first-order valence-electron chi connectivity index (χ1n) is 17.7. The summed E-state index contributed by atoms with van der Waals surface area (Å²) >= 11 is 5.88. The summed E-state index contributed by atoms with van der Waals surface area (Å²) in [6, 6.07) is 20.2. The largest absolute Gasteiger partial charge is 0.330 e. The molecule has 1 aliphatic carbocycles. The molecule has 51 heavy (non-hydrogen) atoms. The van der Waals surface area contributed by atoms with Gasteiger partial charge in [0, 0.05) is 35.5 Å². The molecule has 1 amide bonds. The van der Waals surface area contributed by atoms with E-state index >= 15 is 0 Å². The Kier molecular flexibility index (Phi) is 12.0. The van der Waals surface area contributed by atoms with Crippen molar-refractivity contribution < 1.29 is 18.0 Å². The van der Waals surface area contributed by atoms with Gasteiger partial charge in [0.25, 0.3) is 0 Å². The van der Waals surface area contributed by atoms with Gasteiger partial charge in [-0.2, -0.15) is 10.1 Å². The molecule has 13 heteroatoms. The van der Waals surface area contributed by atoms with Crippen molar-refractivity contribution in [3.05, 3.63) is 83.1 Å². The lowest BCUT2D eigenvalue weighted by atomic mass is 9.77. The average molecular weight is 732 g/mol. The Labute approximate surface area is 304 Å². The number of nitrogens with two attached hydrogens (primary N) is 1. The number of piperidine rings is 1. The number of benzene rings is 3. The van der Waals surface area contributed by atoms with Gasteiger partial charge in [-0.3, -0.25) is 9.59 Å². The maximum Gasteiger partial charge on any atom is 0.240 e. The second kappa shape index (κ2) is 16.6. The number of rotatable bonds is 13. The third-order valence-electron chi connectivity index (χ3n) is 10.2. The second-order valence-electron chi connectivity index (χ2n) is 13.9. The molecule has 0 bridgehead atoms. The molecule has 0 unspecified atom stereocenters. The number of ketones is 1. The SMILES string of the molecule is Cc1cc(S(=O)(=O)NC2CCNCC2)ccc1-c1cccc(C[C@H](CC(=O)C2CCC(CN)CC2)C(=O)Nc2ccc(-c3n[nH]c(Cl)n3)cc2)c1. The quantitative estimate of drug-likeness (QED) is 0.117. The van der Waals surface area contributed by atoms with Crippen molar-refractivity contribution in [3.63, 3.8) is 0 Å². The maximum atomic E-state index is 13.9. The number of hydrogen-bond donors (Lipinski definition) is 5. The summed E-state index contributed by atoms with van der Waals surface area (Å²) in [5.41, 5.74) is 10.8.